The van der Waals surface area contributed by atoms with Gasteiger partial charge in [-0.1, -0.05) is 31.9 Å². The van der Waals surface area contributed by atoms with Gasteiger partial charge in [-0.2, -0.15) is 0 Å². The predicted molar refractivity (Wildman–Crippen MR) is 104 cm³/mol. The van der Waals surface area contributed by atoms with E-state index in [1.54, 1.807) is 0 Å². The summed E-state index contributed by atoms with van der Waals surface area (Å²) in [5.41, 5.74) is 1.26. The summed E-state index contributed by atoms with van der Waals surface area (Å²) in [7, 11) is 0. The number of benzene rings is 1. The standard InChI is InChI=1S/C22H30N2O3/c1-2-16-6-5-9-19(12-16)27-20-14-23(15-20)22(26)17-10-11-21(25)24(13-17)18-7-3-4-8-18/h5-6,9,12,17-18,20H,2-4,7-8,10-11,13-15H2,1H3/t17-/m1/s1. The predicted octanol–water partition coefficient (Wildman–Crippen LogP) is 3.02. The molecule has 4 rings (SSSR count). The number of likely N-dealkylation sites (tertiary alicyclic amines) is 2. The van der Waals surface area contributed by atoms with Crippen LogP contribution in [0, 0.1) is 5.92 Å². The number of amides is 2. The third-order valence-corrected chi connectivity index (χ3v) is 6.33. The van der Waals surface area contributed by atoms with Crippen LogP contribution in [0.5, 0.6) is 5.75 Å². The summed E-state index contributed by atoms with van der Waals surface area (Å²) >= 11 is 0. The summed E-state index contributed by atoms with van der Waals surface area (Å²) in [6.45, 7) is 4.06. The third-order valence-electron chi connectivity index (χ3n) is 6.33. The van der Waals surface area contributed by atoms with Gasteiger partial charge in [0, 0.05) is 19.0 Å². The number of rotatable bonds is 5. The maximum Gasteiger partial charge on any atom is 0.227 e. The van der Waals surface area contributed by atoms with Crippen molar-refractivity contribution in [3.63, 3.8) is 0 Å². The zero-order valence-corrected chi connectivity index (χ0v) is 16.2. The fourth-order valence-corrected chi connectivity index (χ4v) is 4.62. The van der Waals surface area contributed by atoms with Crippen LogP contribution >= 0.6 is 0 Å². The van der Waals surface area contributed by atoms with Gasteiger partial charge in [0.25, 0.3) is 0 Å². The molecular weight excluding hydrogens is 340 g/mol. The molecule has 2 heterocycles. The van der Waals surface area contributed by atoms with Crippen LogP contribution in [-0.2, 0) is 16.0 Å². The zero-order valence-electron chi connectivity index (χ0n) is 16.2. The highest BCUT2D eigenvalue weighted by Gasteiger charge is 2.40. The molecule has 3 fully saturated rings. The van der Waals surface area contributed by atoms with Crippen LogP contribution in [-0.4, -0.2) is 53.4 Å². The number of nitrogens with zero attached hydrogens (tertiary/aromatic N) is 2. The molecule has 0 bridgehead atoms. The molecule has 0 radical (unpaired) electrons. The number of hydrogen-bond donors (Lipinski definition) is 0. The van der Waals surface area contributed by atoms with Crippen molar-refractivity contribution in [2.24, 2.45) is 5.92 Å². The first-order valence-corrected chi connectivity index (χ1v) is 10.5. The molecule has 0 N–H and O–H groups in total. The van der Waals surface area contributed by atoms with Gasteiger partial charge < -0.3 is 14.5 Å². The second-order valence-electron chi connectivity index (χ2n) is 8.20. The van der Waals surface area contributed by atoms with Crippen molar-refractivity contribution in [3.8, 4) is 5.75 Å². The van der Waals surface area contributed by atoms with Crippen molar-refractivity contribution in [1.29, 1.82) is 0 Å². The van der Waals surface area contributed by atoms with Gasteiger partial charge in [0.05, 0.1) is 19.0 Å². The number of hydrogen-bond acceptors (Lipinski definition) is 3. The van der Waals surface area contributed by atoms with Crippen LogP contribution in [0.2, 0.25) is 0 Å². The van der Waals surface area contributed by atoms with Crippen LogP contribution in [0.15, 0.2) is 24.3 Å². The van der Waals surface area contributed by atoms with E-state index in [0.29, 0.717) is 38.5 Å². The van der Waals surface area contributed by atoms with Gasteiger partial charge in [-0.15, -0.1) is 0 Å². The SMILES string of the molecule is CCc1cccc(OC2CN(C(=O)[C@@H]3CCC(=O)N(C4CCCC4)C3)C2)c1. The van der Waals surface area contributed by atoms with Crippen molar-refractivity contribution in [2.45, 2.75) is 64.0 Å². The van der Waals surface area contributed by atoms with Crippen molar-refractivity contribution in [1.82, 2.24) is 9.80 Å². The Labute approximate surface area is 161 Å². The first-order valence-electron chi connectivity index (χ1n) is 10.5. The number of piperidine rings is 1. The van der Waals surface area contributed by atoms with Gasteiger partial charge >= 0.3 is 0 Å². The molecule has 1 aromatic carbocycles. The molecule has 1 aliphatic carbocycles. The van der Waals surface area contributed by atoms with E-state index in [1.807, 2.05) is 21.9 Å². The molecule has 5 heteroatoms. The third kappa shape index (κ3) is 3.97. The Balaban J connectivity index is 1.28. The number of carbonyl (C=O) groups excluding carboxylic acids is 2. The summed E-state index contributed by atoms with van der Waals surface area (Å²) < 4.78 is 6.02. The Morgan fingerprint density at radius 2 is 1.93 bits per heavy atom. The quantitative estimate of drug-likeness (QED) is 0.801. The van der Waals surface area contributed by atoms with E-state index in [9.17, 15) is 9.59 Å². The minimum Gasteiger partial charge on any atom is -0.487 e. The molecule has 0 aromatic heterocycles. The first kappa shape index (κ1) is 18.3. The molecule has 27 heavy (non-hydrogen) atoms. The highest BCUT2D eigenvalue weighted by molar-refractivity contribution is 5.84. The normalized spacial score (nSPS) is 24.2. The van der Waals surface area contributed by atoms with Crippen LogP contribution in [0.25, 0.3) is 0 Å². The fraction of sp³-hybridized carbons (Fsp3) is 0.636. The van der Waals surface area contributed by atoms with Gasteiger partial charge in [-0.25, -0.2) is 0 Å². The largest absolute Gasteiger partial charge is 0.487 e. The maximum atomic E-state index is 12.9. The Kier molecular flexibility index (Phi) is 5.37. The van der Waals surface area contributed by atoms with Crippen LogP contribution in [0.1, 0.15) is 51.0 Å². The molecular formula is C22H30N2O3. The van der Waals surface area contributed by atoms with E-state index in [4.69, 9.17) is 4.74 Å². The molecule has 1 saturated carbocycles. The van der Waals surface area contributed by atoms with Crippen LogP contribution in [0.3, 0.4) is 0 Å². The Morgan fingerprint density at radius 1 is 1.15 bits per heavy atom. The molecule has 0 unspecified atom stereocenters. The topological polar surface area (TPSA) is 49.9 Å². The fourth-order valence-electron chi connectivity index (χ4n) is 4.62. The lowest BCUT2D eigenvalue weighted by molar-refractivity contribution is -0.150. The average molecular weight is 370 g/mol. The molecule has 5 nitrogen and oxygen atoms in total. The second-order valence-corrected chi connectivity index (χ2v) is 8.20. The Hall–Kier alpha value is -2.04. The Morgan fingerprint density at radius 3 is 2.67 bits per heavy atom. The van der Waals surface area contributed by atoms with E-state index >= 15 is 0 Å². The highest BCUT2D eigenvalue weighted by atomic mass is 16.5. The van der Waals surface area contributed by atoms with Gasteiger partial charge in [0.1, 0.15) is 11.9 Å². The minimum absolute atomic E-state index is 0.0346. The number of ether oxygens (including phenoxy) is 1. The van der Waals surface area contributed by atoms with Crippen LogP contribution in [0.4, 0.5) is 0 Å². The second kappa shape index (κ2) is 7.91. The monoisotopic (exact) mass is 370 g/mol. The molecule has 1 atom stereocenters. The Bertz CT molecular complexity index is 693. The summed E-state index contributed by atoms with van der Waals surface area (Å²) in [5.74, 6) is 1.30. The van der Waals surface area contributed by atoms with E-state index < -0.39 is 0 Å². The van der Waals surface area contributed by atoms with Gasteiger partial charge in [0.15, 0.2) is 0 Å². The molecule has 146 valence electrons. The molecule has 0 spiro atoms. The van der Waals surface area contributed by atoms with Crippen LogP contribution < -0.4 is 4.74 Å². The molecule has 1 aromatic rings. The summed E-state index contributed by atoms with van der Waals surface area (Å²) in [5, 5.41) is 0. The summed E-state index contributed by atoms with van der Waals surface area (Å²) in [6.07, 6.45) is 6.90. The zero-order chi connectivity index (χ0) is 18.8. The van der Waals surface area contributed by atoms with Crippen molar-refractivity contribution < 1.29 is 14.3 Å². The number of aryl methyl sites for hydroxylation is 1. The van der Waals surface area contributed by atoms with Gasteiger partial charge in [-0.05, 0) is 43.4 Å². The van der Waals surface area contributed by atoms with Gasteiger partial charge in [-0.3, -0.25) is 9.59 Å². The molecule has 3 aliphatic rings. The van der Waals surface area contributed by atoms with Gasteiger partial charge in [0.2, 0.25) is 11.8 Å². The van der Waals surface area contributed by atoms with E-state index in [0.717, 1.165) is 25.0 Å². The van der Waals surface area contributed by atoms with Crippen molar-refractivity contribution in [2.75, 3.05) is 19.6 Å². The molecule has 2 aliphatic heterocycles. The first-order chi connectivity index (χ1) is 13.1. The van der Waals surface area contributed by atoms with E-state index in [2.05, 4.69) is 19.1 Å². The maximum absolute atomic E-state index is 12.9. The molecule has 2 saturated heterocycles. The number of carbonyl (C=O) groups is 2. The average Bonchev–Trinajstić information content (AvgIpc) is 3.19. The highest BCUT2D eigenvalue weighted by Crippen LogP contribution is 2.30. The lowest BCUT2D eigenvalue weighted by atomic mass is 9.93. The minimum atomic E-state index is -0.0346. The smallest absolute Gasteiger partial charge is 0.227 e. The van der Waals surface area contributed by atoms with E-state index in [-0.39, 0.29) is 23.8 Å². The van der Waals surface area contributed by atoms with Crippen molar-refractivity contribution >= 4 is 11.8 Å². The summed E-state index contributed by atoms with van der Waals surface area (Å²) in [6, 6.07) is 8.55. The lowest BCUT2D eigenvalue weighted by Gasteiger charge is -2.43. The lowest BCUT2D eigenvalue weighted by Crippen LogP contribution is -2.59. The van der Waals surface area contributed by atoms with Crippen molar-refractivity contribution in [3.05, 3.63) is 29.8 Å². The summed E-state index contributed by atoms with van der Waals surface area (Å²) in [4.78, 5) is 29.1. The molecule has 2 amide bonds. The van der Waals surface area contributed by atoms with E-state index in [1.165, 1.54) is 18.4 Å².